The molecule has 1 saturated carbocycles. The van der Waals surface area contributed by atoms with E-state index >= 15 is 0 Å². The van der Waals surface area contributed by atoms with Gasteiger partial charge < -0.3 is 10.2 Å². The van der Waals surface area contributed by atoms with Gasteiger partial charge in [-0.2, -0.15) is 5.10 Å². The lowest BCUT2D eigenvalue weighted by Gasteiger charge is -2.43. The number of aromatic nitrogens is 2. The van der Waals surface area contributed by atoms with E-state index in [4.69, 9.17) is 0 Å². The van der Waals surface area contributed by atoms with Crippen LogP contribution in [0, 0.1) is 18.7 Å². The van der Waals surface area contributed by atoms with Crippen LogP contribution in [0.2, 0.25) is 0 Å². The van der Waals surface area contributed by atoms with Crippen LogP contribution in [0.15, 0.2) is 42.6 Å². The monoisotopic (exact) mass is 560 g/mol. The number of benzene rings is 2. The molecule has 3 aromatic rings. The Balaban J connectivity index is 1.24. The van der Waals surface area contributed by atoms with Gasteiger partial charge in [-0.05, 0) is 68.9 Å². The standard InChI is InChI=1S/C30H33FN6O4/c1-18-7-9-23(31)22(15-18)26(38)33-25(19-5-3-4-6-19)27(39)36-13-11-30(12-14-36)28(40)35(2)29(41)37(30)21-8-10-24-20(16-21)17-32-34-24/h7-10,15-17,19,25H,3-6,11-14H2,1-2H3,(H,32,34)(H,33,38)/t25-/m1/s1. The van der Waals surface area contributed by atoms with Crippen molar-refractivity contribution in [3.8, 4) is 0 Å². The number of nitrogens with one attached hydrogen (secondary N) is 2. The van der Waals surface area contributed by atoms with Crippen molar-refractivity contribution in [1.82, 2.24) is 25.3 Å². The molecule has 41 heavy (non-hydrogen) atoms. The van der Waals surface area contributed by atoms with Crippen LogP contribution in [-0.4, -0.2) is 75.5 Å². The number of aryl methyl sites for hydroxylation is 1. The maximum Gasteiger partial charge on any atom is 0.331 e. The molecule has 2 saturated heterocycles. The number of rotatable bonds is 5. The highest BCUT2D eigenvalue weighted by Gasteiger charge is 2.58. The minimum absolute atomic E-state index is 0.0470. The molecule has 1 atom stereocenters. The summed E-state index contributed by atoms with van der Waals surface area (Å²) in [6.07, 6.45) is 5.71. The van der Waals surface area contributed by atoms with Crippen molar-refractivity contribution in [2.75, 3.05) is 25.0 Å². The normalized spacial score (nSPS) is 19.9. The first-order valence-corrected chi connectivity index (χ1v) is 14.1. The number of likely N-dealkylation sites (N-methyl/N-ethyl adjacent to an activating group) is 1. The number of hydrogen-bond donors (Lipinski definition) is 2. The molecule has 0 bridgehead atoms. The minimum atomic E-state index is -1.11. The fourth-order valence-electron chi connectivity index (χ4n) is 6.69. The lowest BCUT2D eigenvalue weighted by Crippen LogP contribution is -2.60. The van der Waals surface area contributed by atoms with Gasteiger partial charge in [-0.25, -0.2) is 9.18 Å². The Hall–Kier alpha value is -4.28. The Morgan fingerprint density at radius 2 is 1.83 bits per heavy atom. The number of anilines is 1. The van der Waals surface area contributed by atoms with Crippen LogP contribution in [0.5, 0.6) is 0 Å². The highest BCUT2D eigenvalue weighted by atomic mass is 19.1. The molecule has 2 aliphatic heterocycles. The van der Waals surface area contributed by atoms with Crippen molar-refractivity contribution in [3.63, 3.8) is 0 Å². The van der Waals surface area contributed by atoms with Crippen molar-refractivity contribution in [1.29, 1.82) is 0 Å². The number of fused-ring (bicyclic) bond motifs is 1. The maximum atomic E-state index is 14.5. The molecule has 0 unspecified atom stereocenters. The van der Waals surface area contributed by atoms with Gasteiger partial charge in [-0.3, -0.25) is 29.3 Å². The predicted molar refractivity (Wildman–Crippen MR) is 150 cm³/mol. The van der Waals surface area contributed by atoms with Crippen LogP contribution in [0.25, 0.3) is 10.9 Å². The summed E-state index contributed by atoms with van der Waals surface area (Å²) in [7, 11) is 1.48. The topological polar surface area (TPSA) is 119 Å². The van der Waals surface area contributed by atoms with Gasteiger partial charge in [0.2, 0.25) is 5.91 Å². The Kier molecular flexibility index (Phi) is 6.75. The van der Waals surface area contributed by atoms with E-state index in [0.717, 1.165) is 47.0 Å². The highest BCUT2D eigenvalue weighted by molar-refractivity contribution is 6.17. The van der Waals surface area contributed by atoms with Gasteiger partial charge in [0.1, 0.15) is 17.4 Å². The number of H-pyrrole nitrogens is 1. The number of piperidine rings is 1. The van der Waals surface area contributed by atoms with E-state index in [1.807, 2.05) is 12.1 Å². The van der Waals surface area contributed by atoms with Crippen molar-refractivity contribution in [2.24, 2.45) is 5.92 Å². The van der Waals surface area contributed by atoms with Crippen LogP contribution in [-0.2, 0) is 9.59 Å². The lowest BCUT2D eigenvalue weighted by molar-refractivity contribution is -0.139. The maximum absolute atomic E-state index is 14.5. The van der Waals surface area contributed by atoms with Crippen LogP contribution < -0.4 is 10.2 Å². The second kappa shape index (κ2) is 10.3. The van der Waals surface area contributed by atoms with E-state index < -0.39 is 29.3 Å². The first-order chi connectivity index (χ1) is 19.7. The Morgan fingerprint density at radius 1 is 1.10 bits per heavy atom. The first kappa shape index (κ1) is 26.9. The minimum Gasteiger partial charge on any atom is -0.341 e. The number of likely N-dealkylation sites (tertiary alicyclic amines) is 1. The highest BCUT2D eigenvalue weighted by Crippen LogP contribution is 2.41. The summed E-state index contributed by atoms with van der Waals surface area (Å²) in [5.41, 5.74) is 0.968. The summed E-state index contributed by atoms with van der Waals surface area (Å²) in [6.45, 7) is 2.27. The summed E-state index contributed by atoms with van der Waals surface area (Å²) in [4.78, 5) is 58.3. The molecule has 3 heterocycles. The number of hydrogen-bond acceptors (Lipinski definition) is 5. The van der Waals surface area contributed by atoms with E-state index in [9.17, 15) is 23.6 Å². The number of imide groups is 1. The SMILES string of the molecule is Cc1ccc(F)c(C(=O)N[C@@H](C(=O)N2CCC3(CC2)C(=O)N(C)C(=O)N3c2ccc3[nH]ncc3c2)C2CCCC2)c1. The molecule has 214 valence electrons. The second-order valence-electron chi connectivity index (χ2n) is 11.5. The van der Waals surface area contributed by atoms with E-state index in [2.05, 4.69) is 15.5 Å². The third-order valence-corrected chi connectivity index (χ3v) is 8.98. The van der Waals surface area contributed by atoms with Gasteiger partial charge in [0.15, 0.2) is 0 Å². The van der Waals surface area contributed by atoms with Crippen molar-refractivity contribution in [3.05, 3.63) is 59.5 Å². The van der Waals surface area contributed by atoms with Crippen molar-refractivity contribution >= 4 is 40.3 Å². The zero-order valence-electron chi connectivity index (χ0n) is 23.2. The molecule has 6 rings (SSSR count). The number of amides is 5. The molecule has 0 radical (unpaired) electrons. The second-order valence-corrected chi connectivity index (χ2v) is 11.5. The molecule has 1 aromatic heterocycles. The number of carbonyl (C=O) groups excluding carboxylic acids is 4. The average molecular weight is 561 g/mol. The van der Waals surface area contributed by atoms with Gasteiger partial charge in [-0.1, -0.05) is 24.5 Å². The van der Waals surface area contributed by atoms with E-state index in [1.165, 1.54) is 19.2 Å². The summed E-state index contributed by atoms with van der Waals surface area (Å²) in [5, 5.41) is 10.6. The smallest absolute Gasteiger partial charge is 0.331 e. The van der Waals surface area contributed by atoms with Gasteiger partial charge in [-0.15, -0.1) is 0 Å². The molecule has 3 fully saturated rings. The van der Waals surface area contributed by atoms with Gasteiger partial charge in [0.05, 0.1) is 17.3 Å². The quantitative estimate of drug-likeness (QED) is 0.461. The van der Waals surface area contributed by atoms with E-state index in [1.54, 1.807) is 35.1 Å². The Morgan fingerprint density at radius 3 is 2.56 bits per heavy atom. The zero-order chi connectivity index (χ0) is 28.9. The zero-order valence-corrected chi connectivity index (χ0v) is 23.2. The molecule has 10 nitrogen and oxygen atoms in total. The molecule has 3 aliphatic rings. The molecule has 1 aliphatic carbocycles. The predicted octanol–water partition coefficient (Wildman–Crippen LogP) is 3.76. The average Bonchev–Trinajstić information content (AvgIpc) is 3.71. The number of nitrogens with zero attached hydrogens (tertiary/aromatic N) is 4. The molecular formula is C30H33FN6O4. The Bertz CT molecular complexity index is 1540. The van der Waals surface area contributed by atoms with Gasteiger partial charge in [0.25, 0.3) is 11.8 Å². The number of urea groups is 1. The van der Waals surface area contributed by atoms with Crippen LogP contribution in [0.3, 0.4) is 0 Å². The summed E-state index contributed by atoms with van der Waals surface area (Å²) < 4.78 is 14.5. The third kappa shape index (κ3) is 4.53. The number of halogens is 1. The summed E-state index contributed by atoms with van der Waals surface area (Å²) in [6, 6.07) is 8.59. The van der Waals surface area contributed by atoms with E-state index in [0.29, 0.717) is 5.69 Å². The Labute approximate surface area is 236 Å². The molecule has 2 aromatic carbocycles. The summed E-state index contributed by atoms with van der Waals surface area (Å²) >= 11 is 0. The molecule has 5 amide bonds. The van der Waals surface area contributed by atoms with Crippen LogP contribution >= 0.6 is 0 Å². The largest absolute Gasteiger partial charge is 0.341 e. The molecular weight excluding hydrogens is 527 g/mol. The summed E-state index contributed by atoms with van der Waals surface area (Å²) in [5.74, 6) is -1.81. The van der Waals surface area contributed by atoms with Crippen LogP contribution in [0.1, 0.15) is 54.4 Å². The molecule has 2 N–H and O–H groups in total. The number of carbonyl (C=O) groups is 4. The fraction of sp³-hybridized carbons (Fsp3) is 0.433. The number of aromatic amines is 1. The lowest BCUT2D eigenvalue weighted by atomic mass is 9.84. The van der Waals surface area contributed by atoms with Crippen molar-refractivity contribution < 1.29 is 23.6 Å². The molecule has 1 spiro atoms. The fourth-order valence-corrected chi connectivity index (χ4v) is 6.69. The van der Waals surface area contributed by atoms with Gasteiger partial charge in [0, 0.05) is 31.2 Å². The van der Waals surface area contributed by atoms with E-state index in [-0.39, 0.29) is 49.2 Å². The van der Waals surface area contributed by atoms with Gasteiger partial charge >= 0.3 is 6.03 Å². The molecule has 11 heteroatoms. The third-order valence-electron chi connectivity index (χ3n) is 8.98. The van der Waals surface area contributed by atoms with Crippen LogP contribution in [0.4, 0.5) is 14.9 Å². The first-order valence-electron chi connectivity index (χ1n) is 14.1. The van der Waals surface area contributed by atoms with Crippen molar-refractivity contribution in [2.45, 2.75) is 57.0 Å².